The summed E-state index contributed by atoms with van der Waals surface area (Å²) in [6.45, 7) is 6.40. The smallest absolute Gasteiger partial charge is 0.380 e. The van der Waals surface area contributed by atoms with Crippen molar-refractivity contribution in [2.45, 2.75) is 64.6 Å². The van der Waals surface area contributed by atoms with E-state index in [0.717, 1.165) is 26.0 Å². The van der Waals surface area contributed by atoms with E-state index in [-0.39, 0.29) is 18.9 Å². The molecule has 1 rings (SSSR count). The third kappa shape index (κ3) is 6.00. The van der Waals surface area contributed by atoms with Gasteiger partial charge in [-0.25, -0.2) is 0 Å². The van der Waals surface area contributed by atoms with Crippen molar-refractivity contribution >= 4 is 0 Å². The largest absolute Gasteiger partial charge is 0.391 e. The van der Waals surface area contributed by atoms with Gasteiger partial charge < -0.3 is 10.1 Å². The molecule has 120 valence electrons. The molecule has 5 heteroatoms. The van der Waals surface area contributed by atoms with Gasteiger partial charge in [-0.3, -0.25) is 0 Å². The van der Waals surface area contributed by atoms with Gasteiger partial charge in [-0.1, -0.05) is 13.8 Å². The van der Waals surface area contributed by atoms with Crippen LogP contribution in [0.1, 0.15) is 52.4 Å². The van der Waals surface area contributed by atoms with Gasteiger partial charge in [0, 0.05) is 12.6 Å². The Hall–Kier alpha value is -0.290. The van der Waals surface area contributed by atoms with Crippen LogP contribution in [-0.4, -0.2) is 32.0 Å². The van der Waals surface area contributed by atoms with Gasteiger partial charge in [-0.05, 0) is 51.0 Å². The van der Waals surface area contributed by atoms with Crippen molar-refractivity contribution in [3.63, 3.8) is 0 Å². The number of rotatable bonds is 8. The standard InChI is InChI=1S/C15H28F3NO/c1-3-9-19-14(11-20-10-4-2)12-5-7-13(8-6-12)15(16,17)18/h12-14,19H,3-11H2,1-2H3. The topological polar surface area (TPSA) is 21.3 Å². The van der Waals surface area contributed by atoms with Crippen LogP contribution in [0.5, 0.6) is 0 Å². The van der Waals surface area contributed by atoms with Crippen molar-refractivity contribution < 1.29 is 17.9 Å². The van der Waals surface area contributed by atoms with Crippen LogP contribution in [0.25, 0.3) is 0 Å². The van der Waals surface area contributed by atoms with E-state index in [4.69, 9.17) is 4.74 Å². The van der Waals surface area contributed by atoms with Crippen molar-refractivity contribution in [3.8, 4) is 0 Å². The molecule has 0 aromatic carbocycles. The number of hydrogen-bond donors (Lipinski definition) is 1. The Balaban J connectivity index is 2.42. The summed E-state index contributed by atoms with van der Waals surface area (Å²) < 4.78 is 43.6. The maximum absolute atomic E-state index is 12.7. The van der Waals surface area contributed by atoms with Gasteiger partial charge >= 0.3 is 6.18 Å². The van der Waals surface area contributed by atoms with Crippen molar-refractivity contribution in [1.29, 1.82) is 0 Å². The molecule has 0 aromatic heterocycles. The molecule has 0 bridgehead atoms. The van der Waals surface area contributed by atoms with E-state index < -0.39 is 12.1 Å². The molecule has 0 saturated heterocycles. The summed E-state index contributed by atoms with van der Waals surface area (Å²) in [4.78, 5) is 0. The van der Waals surface area contributed by atoms with Crippen molar-refractivity contribution in [1.82, 2.24) is 5.32 Å². The quantitative estimate of drug-likeness (QED) is 0.679. The van der Waals surface area contributed by atoms with Crippen molar-refractivity contribution in [2.75, 3.05) is 19.8 Å². The highest BCUT2D eigenvalue weighted by molar-refractivity contribution is 4.84. The molecule has 1 saturated carbocycles. The highest BCUT2D eigenvalue weighted by atomic mass is 19.4. The summed E-state index contributed by atoms with van der Waals surface area (Å²) in [5, 5.41) is 3.45. The Bertz CT molecular complexity index is 250. The van der Waals surface area contributed by atoms with Crippen LogP contribution < -0.4 is 5.32 Å². The van der Waals surface area contributed by atoms with E-state index in [0.29, 0.717) is 25.4 Å². The SMILES string of the molecule is CCCNC(COCCC)C1CCC(C(F)(F)F)CC1. The van der Waals surface area contributed by atoms with Gasteiger partial charge in [0.15, 0.2) is 0 Å². The van der Waals surface area contributed by atoms with E-state index in [1.807, 2.05) is 0 Å². The van der Waals surface area contributed by atoms with Crippen LogP contribution in [0, 0.1) is 11.8 Å². The first-order valence-corrected chi connectivity index (χ1v) is 7.86. The van der Waals surface area contributed by atoms with E-state index in [9.17, 15) is 13.2 Å². The zero-order valence-corrected chi connectivity index (χ0v) is 12.6. The lowest BCUT2D eigenvalue weighted by atomic mass is 9.78. The Kier molecular flexibility index (Phi) is 7.88. The second-order valence-electron chi connectivity index (χ2n) is 5.79. The first-order chi connectivity index (χ1) is 9.49. The molecule has 1 aliphatic rings. The third-order valence-electron chi connectivity index (χ3n) is 4.11. The molecule has 1 unspecified atom stereocenters. The van der Waals surface area contributed by atoms with Crippen LogP contribution in [-0.2, 0) is 4.74 Å². The first kappa shape index (κ1) is 17.8. The minimum atomic E-state index is -4.02. The van der Waals surface area contributed by atoms with Crippen molar-refractivity contribution in [3.05, 3.63) is 0 Å². The van der Waals surface area contributed by atoms with Gasteiger partial charge in [0.25, 0.3) is 0 Å². The van der Waals surface area contributed by atoms with Gasteiger partial charge in [0.1, 0.15) is 0 Å². The summed E-state index contributed by atoms with van der Waals surface area (Å²) in [6.07, 6.45) is -0.167. The molecule has 0 aromatic rings. The Morgan fingerprint density at radius 1 is 1.10 bits per heavy atom. The average molecular weight is 295 g/mol. The Morgan fingerprint density at radius 3 is 2.25 bits per heavy atom. The third-order valence-corrected chi connectivity index (χ3v) is 4.11. The predicted molar refractivity (Wildman–Crippen MR) is 74.7 cm³/mol. The van der Waals surface area contributed by atoms with Gasteiger partial charge in [-0.15, -0.1) is 0 Å². The predicted octanol–water partition coefficient (Wildman–Crippen LogP) is 4.15. The monoisotopic (exact) mass is 295 g/mol. The molecular weight excluding hydrogens is 267 g/mol. The zero-order chi connectivity index (χ0) is 15.0. The summed E-state index contributed by atoms with van der Waals surface area (Å²) in [7, 11) is 0. The number of alkyl halides is 3. The second kappa shape index (κ2) is 8.88. The summed E-state index contributed by atoms with van der Waals surface area (Å²) in [6, 6.07) is 0.204. The van der Waals surface area contributed by atoms with Crippen LogP contribution in [0.15, 0.2) is 0 Å². The number of halogens is 3. The lowest BCUT2D eigenvalue weighted by Crippen LogP contribution is -2.43. The van der Waals surface area contributed by atoms with E-state index >= 15 is 0 Å². The highest BCUT2D eigenvalue weighted by Crippen LogP contribution is 2.40. The molecule has 2 nitrogen and oxygen atoms in total. The van der Waals surface area contributed by atoms with Gasteiger partial charge in [0.05, 0.1) is 12.5 Å². The number of nitrogens with one attached hydrogen (secondary N) is 1. The lowest BCUT2D eigenvalue weighted by Gasteiger charge is -2.35. The summed E-state index contributed by atoms with van der Waals surface area (Å²) >= 11 is 0. The Morgan fingerprint density at radius 2 is 1.75 bits per heavy atom. The molecule has 1 atom stereocenters. The fourth-order valence-corrected chi connectivity index (χ4v) is 2.89. The molecule has 1 N–H and O–H groups in total. The first-order valence-electron chi connectivity index (χ1n) is 7.86. The molecule has 20 heavy (non-hydrogen) atoms. The number of ether oxygens (including phenoxy) is 1. The van der Waals surface area contributed by atoms with Crippen LogP contribution in [0.4, 0.5) is 13.2 Å². The molecule has 0 amide bonds. The van der Waals surface area contributed by atoms with Crippen molar-refractivity contribution in [2.24, 2.45) is 11.8 Å². The molecular formula is C15H28F3NO. The maximum Gasteiger partial charge on any atom is 0.391 e. The number of hydrogen-bond acceptors (Lipinski definition) is 2. The molecule has 0 radical (unpaired) electrons. The van der Waals surface area contributed by atoms with Crippen LogP contribution in [0.3, 0.4) is 0 Å². The fraction of sp³-hybridized carbons (Fsp3) is 1.00. The van der Waals surface area contributed by atoms with Gasteiger partial charge in [-0.2, -0.15) is 13.2 Å². The lowest BCUT2D eigenvalue weighted by molar-refractivity contribution is -0.184. The highest BCUT2D eigenvalue weighted by Gasteiger charge is 2.42. The minimum absolute atomic E-state index is 0.204. The summed E-state index contributed by atoms with van der Waals surface area (Å²) in [5.41, 5.74) is 0. The van der Waals surface area contributed by atoms with Gasteiger partial charge in [0.2, 0.25) is 0 Å². The fourth-order valence-electron chi connectivity index (χ4n) is 2.89. The normalized spacial score (nSPS) is 25.6. The molecule has 0 heterocycles. The summed E-state index contributed by atoms with van der Waals surface area (Å²) in [5.74, 6) is -0.779. The van der Waals surface area contributed by atoms with E-state index in [1.165, 1.54) is 0 Å². The van der Waals surface area contributed by atoms with Crippen LogP contribution in [0.2, 0.25) is 0 Å². The minimum Gasteiger partial charge on any atom is -0.380 e. The zero-order valence-electron chi connectivity index (χ0n) is 12.6. The maximum atomic E-state index is 12.7. The molecule has 1 fully saturated rings. The molecule has 0 spiro atoms. The molecule has 1 aliphatic carbocycles. The van der Waals surface area contributed by atoms with Crippen LogP contribution >= 0.6 is 0 Å². The van der Waals surface area contributed by atoms with E-state index in [2.05, 4.69) is 19.2 Å². The average Bonchev–Trinajstić information content (AvgIpc) is 2.42. The Labute approximate surface area is 120 Å². The van der Waals surface area contributed by atoms with E-state index in [1.54, 1.807) is 0 Å². The molecule has 0 aliphatic heterocycles. The second-order valence-corrected chi connectivity index (χ2v) is 5.79.